The number of nitrogens with two attached hydrogens (primary N) is 1. The van der Waals surface area contributed by atoms with E-state index in [4.69, 9.17) is 15.9 Å². The van der Waals surface area contributed by atoms with Gasteiger partial charge in [0.05, 0.1) is 0 Å². The van der Waals surface area contributed by atoms with E-state index in [-0.39, 0.29) is 11.6 Å². The Balaban J connectivity index is 2.26. The molecule has 21 heavy (non-hydrogen) atoms. The summed E-state index contributed by atoms with van der Waals surface area (Å²) in [4.78, 5) is 0. The van der Waals surface area contributed by atoms with Gasteiger partial charge in [-0.3, -0.25) is 5.41 Å². The van der Waals surface area contributed by atoms with E-state index in [0.29, 0.717) is 17.2 Å². The van der Waals surface area contributed by atoms with E-state index < -0.39 is 5.82 Å². The molecular weight excluding hydrogens is 267 g/mol. The summed E-state index contributed by atoms with van der Waals surface area (Å²) in [5, 5.41) is 7.29. The summed E-state index contributed by atoms with van der Waals surface area (Å²) in [5.74, 6) is 0.444. The normalized spacial score (nSPS) is 10.7. The molecule has 0 unspecified atom stereocenters. The van der Waals surface area contributed by atoms with Crippen LogP contribution < -0.4 is 10.5 Å². The van der Waals surface area contributed by atoms with Gasteiger partial charge in [-0.2, -0.15) is 0 Å². The highest BCUT2D eigenvalue weighted by Gasteiger charge is 2.09. The Morgan fingerprint density at radius 2 is 1.90 bits per heavy atom. The second-order valence-corrected chi connectivity index (χ2v) is 5.33. The molecule has 3 nitrogen and oxygen atoms in total. The number of halogens is 1. The van der Waals surface area contributed by atoms with E-state index in [1.165, 1.54) is 17.7 Å². The zero-order chi connectivity index (χ0) is 15.6. The molecule has 2 rings (SSSR count). The number of rotatable bonds is 4. The quantitative estimate of drug-likeness (QED) is 0.649. The average molecular weight is 286 g/mol. The molecule has 0 spiro atoms. The summed E-state index contributed by atoms with van der Waals surface area (Å²) in [5.41, 5.74) is 8.02. The third-order valence-corrected chi connectivity index (χ3v) is 3.33. The van der Waals surface area contributed by atoms with Crippen molar-refractivity contribution in [2.45, 2.75) is 26.7 Å². The van der Waals surface area contributed by atoms with Crippen LogP contribution in [0.2, 0.25) is 0 Å². The second kappa shape index (κ2) is 5.95. The number of nitrogen functional groups attached to an aromatic ring is 1. The summed E-state index contributed by atoms with van der Waals surface area (Å²) in [6.07, 6.45) is 0. The van der Waals surface area contributed by atoms with E-state index >= 15 is 0 Å². The number of ether oxygens (including phenoxy) is 1. The lowest BCUT2D eigenvalue weighted by atomic mass is 9.98. The number of amidine groups is 1. The van der Waals surface area contributed by atoms with Crippen molar-refractivity contribution >= 4 is 5.84 Å². The zero-order valence-corrected chi connectivity index (χ0v) is 12.4. The number of benzene rings is 2. The molecule has 0 saturated heterocycles. The van der Waals surface area contributed by atoms with Crippen LogP contribution in [0, 0.1) is 18.2 Å². The maximum absolute atomic E-state index is 13.9. The molecule has 0 saturated carbocycles. The Morgan fingerprint density at radius 3 is 2.43 bits per heavy atom. The predicted molar refractivity (Wildman–Crippen MR) is 82.8 cm³/mol. The van der Waals surface area contributed by atoms with Crippen LogP contribution in [0.4, 0.5) is 4.39 Å². The second-order valence-electron chi connectivity index (χ2n) is 5.33. The minimum Gasteiger partial charge on any atom is -0.454 e. The molecule has 0 atom stereocenters. The highest BCUT2D eigenvalue weighted by atomic mass is 19.1. The Kier molecular flexibility index (Phi) is 4.26. The van der Waals surface area contributed by atoms with E-state index in [9.17, 15) is 4.39 Å². The topological polar surface area (TPSA) is 59.1 Å². The van der Waals surface area contributed by atoms with Gasteiger partial charge in [0.1, 0.15) is 11.6 Å². The van der Waals surface area contributed by atoms with E-state index in [2.05, 4.69) is 13.8 Å². The summed E-state index contributed by atoms with van der Waals surface area (Å²) in [6, 6.07) is 9.98. The van der Waals surface area contributed by atoms with Gasteiger partial charge in [0.15, 0.2) is 11.6 Å². The molecule has 0 aliphatic heterocycles. The van der Waals surface area contributed by atoms with Crippen LogP contribution in [0.5, 0.6) is 11.5 Å². The lowest BCUT2D eigenvalue weighted by Crippen LogP contribution is -2.11. The van der Waals surface area contributed by atoms with Crippen molar-refractivity contribution in [3.8, 4) is 11.5 Å². The molecule has 4 heteroatoms. The van der Waals surface area contributed by atoms with Gasteiger partial charge in [-0.05, 0) is 54.3 Å². The van der Waals surface area contributed by atoms with Crippen LogP contribution in [0.1, 0.15) is 36.5 Å². The Labute approximate surface area is 124 Å². The average Bonchev–Trinajstić information content (AvgIpc) is 2.40. The summed E-state index contributed by atoms with van der Waals surface area (Å²) in [7, 11) is 0. The minimum absolute atomic E-state index is 0.122. The number of nitrogens with one attached hydrogen (secondary N) is 1. The van der Waals surface area contributed by atoms with E-state index in [0.717, 1.165) is 5.56 Å². The van der Waals surface area contributed by atoms with Crippen molar-refractivity contribution < 1.29 is 9.13 Å². The maximum Gasteiger partial charge on any atom is 0.166 e. The largest absolute Gasteiger partial charge is 0.454 e. The first-order valence-electron chi connectivity index (χ1n) is 6.81. The SMILES string of the molecule is Cc1cc(Oc2ccc(C(=N)N)cc2F)ccc1C(C)C. The van der Waals surface area contributed by atoms with Crippen molar-refractivity contribution in [2.24, 2.45) is 5.73 Å². The Morgan fingerprint density at radius 1 is 1.19 bits per heavy atom. The van der Waals surface area contributed by atoms with Gasteiger partial charge in [-0.1, -0.05) is 19.9 Å². The lowest BCUT2D eigenvalue weighted by Gasteiger charge is -2.13. The first-order valence-corrected chi connectivity index (χ1v) is 6.81. The standard InChI is InChI=1S/C17H19FN2O/c1-10(2)14-6-5-13(8-11(14)3)21-16-7-4-12(17(19)20)9-15(16)18/h4-10H,1-3H3,(H3,19,20). The van der Waals surface area contributed by atoms with Crippen molar-refractivity contribution in [1.82, 2.24) is 0 Å². The monoisotopic (exact) mass is 286 g/mol. The molecular formula is C17H19FN2O. The van der Waals surface area contributed by atoms with Crippen LogP contribution in [-0.2, 0) is 0 Å². The fourth-order valence-corrected chi connectivity index (χ4v) is 2.24. The minimum atomic E-state index is -0.534. The lowest BCUT2D eigenvalue weighted by molar-refractivity contribution is 0.441. The molecule has 0 amide bonds. The van der Waals surface area contributed by atoms with Crippen LogP contribution in [-0.4, -0.2) is 5.84 Å². The fourth-order valence-electron chi connectivity index (χ4n) is 2.24. The van der Waals surface area contributed by atoms with Gasteiger partial charge in [0.25, 0.3) is 0 Å². The molecule has 0 heterocycles. The first kappa shape index (κ1) is 15.0. The Hall–Kier alpha value is -2.36. The van der Waals surface area contributed by atoms with Gasteiger partial charge >= 0.3 is 0 Å². The van der Waals surface area contributed by atoms with Crippen LogP contribution in [0.3, 0.4) is 0 Å². The van der Waals surface area contributed by atoms with Gasteiger partial charge < -0.3 is 10.5 Å². The van der Waals surface area contributed by atoms with Crippen LogP contribution >= 0.6 is 0 Å². The van der Waals surface area contributed by atoms with Crippen molar-refractivity contribution in [1.29, 1.82) is 5.41 Å². The number of hydrogen-bond donors (Lipinski definition) is 2. The zero-order valence-electron chi connectivity index (χ0n) is 12.4. The molecule has 0 radical (unpaired) electrons. The van der Waals surface area contributed by atoms with Gasteiger partial charge in [0, 0.05) is 5.56 Å². The predicted octanol–water partition coefficient (Wildman–Crippen LogP) is 4.33. The van der Waals surface area contributed by atoms with Gasteiger partial charge in [-0.25, -0.2) is 4.39 Å². The molecule has 3 N–H and O–H groups in total. The molecule has 110 valence electrons. The highest BCUT2D eigenvalue weighted by molar-refractivity contribution is 5.95. The van der Waals surface area contributed by atoms with E-state index in [1.807, 2.05) is 25.1 Å². The van der Waals surface area contributed by atoms with E-state index in [1.54, 1.807) is 6.07 Å². The molecule has 2 aromatic carbocycles. The summed E-state index contributed by atoms with van der Waals surface area (Å²) in [6.45, 7) is 6.27. The first-order chi connectivity index (χ1) is 9.88. The molecule has 2 aromatic rings. The summed E-state index contributed by atoms with van der Waals surface area (Å²) < 4.78 is 19.5. The van der Waals surface area contributed by atoms with Gasteiger partial charge in [0.2, 0.25) is 0 Å². The fraction of sp³-hybridized carbons (Fsp3) is 0.235. The van der Waals surface area contributed by atoms with Crippen LogP contribution in [0.15, 0.2) is 36.4 Å². The Bertz CT molecular complexity index is 680. The maximum atomic E-state index is 13.9. The molecule has 0 aliphatic carbocycles. The molecule has 0 bridgehead atoms. The number of hydrogen-bond acceptors (Lipinski definition) is 2. The van der Waals surface area contributed by atoms with Crippen molar-refractivity contribution in [3.63, 3.8) is 0 Å². The third-order valence-electron chi connectivity index (χ3n) is 3.33. The highest BCUT2D eigenvalue weighted by Crippen LogP contribution is 2.28. The smallest absolute Gasteiger partial charge is 0.166 e. The van der Waals surface area contributed by atoms with Crippen molar-refractivity contribution in [2.75, 3.05) is 0 Å². The number of aryl methyl sites for hydroxylation is 1. The van der Waals surface area contributed by atoms with Gasteiger partial charge in [-0.15, -0.1) is 0 Å². The molecule has 0 aliphatic rings. The summed E-state index contributed by atoms with van der Waals surface area (Å²) >= 11 is 0. The van der Waals surface area contributed by atoms with Crippen molar-refractivity contribution in [3.05, 3.63) is 58.9 Å². The molecule has 0 aromatic heterocycles. The third kappa shape index (κ3) is 3.40. The van der Waals surface area contributed by atoms with Crippen LogP contribution in [0.25, 0.3) is 0 Å². The molecule has 0 fully saturated rings.